The number of para-hydroxylation sites is 2. The van der Waals surface area contributed by atoms with Gasteiger partial charge in [0, 0.05) is 19.3 Å². The maximum atomic E-state index is 12.3. The van der Waals surface area contributed by atoms with Gasteiger partial charge in [-0.25, -0.2) is 4.98 Å². The number of carboxylic acids is 1. The van der Waals surface area contributed by atoms with E-state index in [1.807, 2.05) is 31.2 Å². The van der Waals surface area contributed by atoms with E-state index in [0.717, 1.165) is 29.7 Å². The highest BCUT2D eigenvalue weighted by Gasteiger charge is 2.15. The number of imidazole rings is 1. The minimum atomic E-state index is -0.873. The van der Waals surface area contributed by atoms with Gasteiger partial charge in [0.25, 0.3) is 0 Å². The molecule has 1 aromatic heterocycles. The van der Waals surface area contributed by atoms with Crippen LogP contribution in [0.5, 0.6) is 0 Å². The van der Waals surface area contributed by atoms with Crippen molar-refractivity contribution in [2.75, 3.05) is 0 Å². The minimum Gasteiger partial charge on any atom is -0.481 e. The van der Waals surface area contributed by atoms with E-state index in [2.05, 4.69) is 4.98 Å². The molecule has 2 rings (SSSR count). The summed E-state index contributed by atoms with van der Waals surface area (Å²) in [6, 6.07) is 7.52. The Balaban J connectivity index is 2.28. The van der Waals surface area contributed by atoms with Gasteiger partial charge >= 0.3 is 5.97 Å². The molecule has 1 aromatic carbocycles. The van der Waals surface area contributed by atoms with Crippen LogP contribution in [-0.2, 0) is 11.2 Å². The average molecular weight is 274 g/mol. The van der Waals surface area contributed by atoms with Gasteiger partial charge in [0.2, 0.25) is 5.91 Å². The number of carbonyl (C=O) groups is 2. The highest BCUT2D eigenvalue weighted by molar-refractivity contribution is 5.91. The van der Waals surface area contributed by atoms with Crippen LogP contribution in [0.15, 0.2) is 24.3 Å². The van der Waals surface area contributed by atoms with Crippen LogP contribution in [0.3, 0.4) is 0 Å². The van der Waals surface area contributed by atoms with E-state index in [0.29, 0.717) is 6.42 Å². The lowest BCUT2D eigenvalue weighted by molar-refractivity contribution is -0.137. The Morgan fingerprint density at radius 1 is 1.25 bits per heavy atom. The Hall–Kier alpha value is -2.17. The van der Waals surface area contributed by atoms with Crippen molar-refractivity contribution in [3.05, 3.63) is 30.1 Å². The number of aryl methyl sites for hydroxylation is 1. The fraction of sp³-hybridized carbons (Fsp3) is 0.400. The first-order valence-corrected chi connectivity index (χ1v) is 6.85. The zero-order chi connectivity index (χ0) is 14.5. The van der Waals surface area contributed by atoms with E-state index in [1.54, 1.807) is 4.57 Å². The third-order valence-corrected chi connectivity index (χ3v) is 3.13. The van der Waals surface area contributed by atoms with Crippen molar-refractivity contribution >= 4 is 22.9 Å². The average Bonchev–Trinajstić information content (AvgIpc) is 2.76. The maximum Gasteiger partial charge on any atom is 0.303 e. The van der Waals surface area contributed by atoms with E-state index >= 15 is 0 Å². The molecule has 0 unspecified atom stereocenters. The lowest BCUT2D eigenvalue weighted by atomic mass is 10.2. The van der Waals surface area contributed by atoms with E-state index in [-0.39, 0.29) is 18.7 Å². The first kappa shape index (κ1) is 14.2. The Labute approximate surface area is 117 Å². The number of aliphatic carboxylic acids is 1. The number of rotatable bonds is 6. The van der Waals surface area contributed by atoms with Crippen LogP contribution in [0.4, 0.5) is 0 Å². The molecule has 0 fully saturated rings. The van der Waals surface area contributed by atoms with Crippen molar-refractivity contribution in [1.29, 1.82) is 0 Å². The molecule has 0 atom stereocenters. The van der Waals surface area contributed by atoms with Gasteiger partial charge in [-0.2, -0.15) is 0 Å². The summed E-state index contributed by atoms with van der Waals surface area (Å²) in [6.45, 7) is 2.04. The first-order chi connectivity index (χ1) is 9.63. The number of hydrogen-bond donors (Lipinski definition) is 1. The number of hydrogen-bond acceptors (Lipinski definition) is 3. The van der Waals surface area contributed by atoms with Gasteiger partial charge in [-0.15, -0.1) is 0 Å². The van der Waals surface area contributed by atoms with E-state index in [4.69, 9.17) is 5.11 Å². The predicted octanol–water partition coefficient (Wildman–Crippen LogP) is 2.88. The molecular weight excluding hydrogens is 256 g/mol. The normalized spacial score (nSPS) is 10.8. The molecule has 1 heterocycles. The highest BCUT2D eigenvalue weighted by atomic mass is 16.4. The van der Waals surface area contributed by atoms with E-state index < -0.39 is 5.97 Å². The van der Waals surface area contributed by atoms with Crippen LogP contribution >= 0.6 is 0 Å². The monoisotopic (exact) mass is 274 g/mol. The molecule has 0 amide bonds. The lowest BCUT2D eigenvalue weighted by Gasteiger charge is -2.06. The molecule has 0 bridgehead atoms. The van der Waals surface area contributed by atoms with Crippen molar-refractivity contribution in [3.63, 3.8) is 0 Å². The predicted molar refractivity (Wildman–Crippen MR) is 75.8 cm³/mol. The fourth-order valence-electron chi connectivity index (χ4n) is 2.25. The van der Waals surface area contributed by atoms with Crippen LogP contribution in [0.1, 0.15) is 43.2 Å². The van der Waals surface area contributed by atoms with Crippen molar-refractivity contribution in [1.82, 2.24) is 9.55 Å². The molecule has 0 aliphatic carbocycles. The number of fused-ring (bicyclic) bond motifs is 1. The fourth-order valence-corrected chi connectivity index (χ4v) is 2.25. The molecule has 0 saturated carbocycles. The van der Waals surface area contributed by atoms with Crippen LogP contribution < -0.4 is 0 Å². The SMILES string of the molecule is CCCc1nc2ccccc2n1C(=O)CCCC(=O)O. The van der Waals surface area contributed by atoms with Crippen LogP contribution in [0, 0.1) is 0 Å². The molecule has 0 spiro atoms. The second-order valence-corrected chi connectivity index (χ2v) is 4.74. The molecule has 1 N–H and O–H groups in total. The summed E-state index contributed by atoms with van der Waals surface area (Å²) in [5, 5.41) is 8.64. The van der Waals surface area contributed by atoms with Crippen LogP contribution in [0.25, 0.3) is 11.0 Å². The summed E-state index contributed by atoms with van der Waals surface area (Å²) in [4.78, 5) is 27.3. The van der Waals surface area contributed by atoms with Crippen molar-refractivity contribution in [2.24, 2.45) is 0 Å². The van der Waals surface area contributed by atoms with Crippen molar-refractivity contribution in [2.45, 2.75) is 39.0 Å². The summed E-state index contributed by atoms with van der Waals surface area (Å²) in [6.07, 6.45) is 2.24. The van der Waals surface area contributed by atoms with Crippen LogP contribution in [-0.4, -0.2) is 26.5 Å². The quantitative estimate of drug-likeness (QED) is 0.879. The van der Waals surface area contributed by atoms with Gasteiger partial charge in [0.1, 0.15) is 5.82 Å². The summed E-state index contributed by atoms with van der Waals surface area (Å²) >= 11 is 0. The first-order valence-electron chi connectivity index (χ1n) is 6.85. The number of carbonyl (C=O) groups excluding carboxylic acids is 1. The number of nitrogens with zero attached hydrogens (tertiary/aromatic N) is 2. The molecule has 0 saturated heterocycles. The summed E-state index contributed by atoms with van der Waals surface area (Å²) < 4.78 is 1.64. The maximum absolute atomic E-state index is 12.3. The zero-order valence-electron chi connectivity index (χ0n) is 11.5. The highest BCUT2D eigenvalue weighted by Crippen LogP contribution is 2.18. The molecular formula is C15H18N2O3. The van der Waals surface area contributed by atoms with Gasteiger partial charge in [-0.1, -0.05) is 19.1 Å². The molecule has 0 aliphatic heterocycles. The van der Waals surface area contributed by atoms with Gasteiger partial charge in [-0.05, 0) is 25.0 Å². The topological polar surface area (TPSA) is 72.2 Å². The third kappa shape index (κ3) is 3.04. The molecule has 106 valence electrons. The molecule has 0 radical (unpaired) electrons. The van der Waals surface area contributed by atoms with Crippen LogP contribution in [0.2, 0.25) is 0 Å². The molecule has 5 heteroatoms. The molecule has 20 heavy (non-hydrogen) atoms. The Morgan fingerprint density at radius 3 is 2.70 bits per heavy atom. The number of aromatic nitrogens is 2. The summed E-state index contributed by atoms with van der Waals surface area (Å²) in [5.74, 6) is -0.195. The Kier molecular flexibility index (Phi) is 4.50. The molecule has 2 aromatic rings. The minimum absolute atomic E-state index is 0.0154. The second kappa shape index (κ2) is 6.32. The molecule has 0 aliphatic rings. The standard InChI is InChI=1S/C15H18N2O3/c1-2-6-13-16-11-7-3-4-8-12(11)17(13)14(18)9-5-10-15(19)20/h3-4,7-8H,2,5-6,9-10H2,1H3,(H,19,20). The number of carboxylic acid groups (broad SMARTS) is 1. The summed E-state index contributed by atoms with van der Waals surface area (Å²) in [7, 11) is 0. The van der Waals surface area contributed by atoms with Gasteiger partial charge in [-0.3, -0.25) is 14.2 Å². The lowest BCUT2D eigenvalue weighted by Crippen LogP contribution is -2.14. The second-order valence-electron chi connectivity index (χ2n) is 4.74. The van der Waals surface area contributed by atoms with E-state index in [1.165, 1.54) is 0 Å². The van der Waals surface area contributed by atoms with Crippen molar-refractivity contribution in [3.8, 4) is 0 Å². The van der Waals surface area contributed by atoms with Gasteiger partial charge in [0.15, 0.2) is 0 Å². The smallest absolute Gasteiger partial charge is 0.303 e. The Morgan fingerprint density at radius 2 is 2.00 bits per heavy atom. The zero-order valence-corrected chi connectivity index (χ0v) is 11.5. The van der Waals surface area contributed by atoms with E-state index in [9.17, 15) is 9.59 Å². The largest absolute Gasteiger partial charge is 0.481 e. The third-order valence-electron chi connectivity index (χ3n) is 3.13. The Bertz CT molecular complexity index is 631. The van der Waals surface area contributed by atoms with Crippen molar-refractivity contribution < 1.29 is 14.7 Å². The number of benzene rings is 1. The van der Waals surface area contributed by atoms with Gasteiger partial charge < -0.3 is 5.11 Å². The van der Waals surface area contributed by atoms with Gasteiger partial charge in [0.05, 0.1) is 11.0 Å². The summed E-state index contributed by atoms with van der Waals surface area (Å²) in [5.41, 5.74) is 1.61. The molecule has 5 nitrogen and oxygen atoms in total.